The van der Waals surface area contributed by atoms with Crippen LogP contribution in [0.2, 0.25) is 0 Å². The predicted octanol–water partition coefficient (Wildman–Crippen LogP) is 3.49. The van der Waals surface area contributed by atoms with E-state index in [2.05, 4.69) is 5.32 Å². The van der Waals surface area contributed by atoms with Crippen LogP contribution in [0.5, 0.6) is 11.5 Å². The van der Waals surface area contributed by atoms with Gasteiger partial charge in [-0.1, -0.05) is 0 Å². The van der Waals surface area contributed by atoms with Gasteiger partial charge in [-0.15, -0.1) is 11.8 Å². The zero-order valence-electron chi connectivity index (χ0n) is 14.4. The third-order valence-corrected chi connectivity index (χ3v) is 7.43. The Labute approximate surface area is 153 Å². The third kappa shape index (κ3) is 3.12. The minimum absolute atomic E-state index is 0.178. The van der Waals surface area contributed by atoms with Crippen molar-refractivity contribution in [1.82, 2.24) is 5.32 Å². The SMILES string of the molecule is O=C(CSc1ccc2c(c1)OCCO2)NC1C2CC3CC(C2)CC1C3. The van der Waals surface area contributed by atoms with Crippen LogP contribution in [0.4, 0.5) is 0 Å². The molecule has 134 valence electrons. The van der Waals surface area contributed by atoms with Crippen molar-refractivity contribution in [2.75, 3.05) is 19.0 Å². The van der Waals surface area contributed by atoms with Gasteiger partial charge in [0.2, 0.25) is 5.91 Å². The van der Waals surface area contributed by atoms with Gasteiger partial charge in [0, 0.05) is 10.9 Å². The topological polar surface area (TPSA) is 47.6 Å². The summed E-state index contributed by atoms with van der Waals surface area (Å²) in [4.78, 5) is 13.6. The van der Waals surface area contributed by atoms with Crippen molar-refractivity contribution in [3.8, 4) is 11.5 Å². The van der Waals surface area contributed by atoms with Crippen LogP contribution in [-0.4, -0.2) is 30.9 Å². The van der Waals surface area contributed by atoms with E-state index in [9.17, 15) is 4.79 Å². The van der Waals surface area contributed by atoms with Crippen molar-refractivity contribution in [3.63, 3.8) is 0 Å². The van der Waals surface area contributed by atoms with Crippen LogP contribution in [-0.2, 0) is 4.79 Å². The van der Waals surface area contributed by atoms with Crippen molar-refractivity contribution < 1.29 is 14.3 Å². The lowest BCUT2D eigenvalue weighted by Gasteiger charge is -2.54. The maximum atomic E-state index is 12.5. The molecule has 0 atom stereocenters. The number of thioether (sulfide) groups is 1. The summed E-state index contributed by atoms with van der Waals surface area (Å²) in [7, 11) is 0. The maximum Gasteiger partial charge on any atom is 0.230 e. The molecule has 0 saturated heterocycles. The Hall–Kier alpha value is -1.36. The van der Waals surface area contributed by atoms with E-state index in [1.54, 1.807) is 11.8 Å². The van der Waals surface area contributed by atoms with Gasteiger partial charge < -0.3 is 14.8 Å². The summed E-state index contributed by atoms with van der Waals surface area (Å²) in [5.41, 5.74) is 0. The van der Waals surface area contributed by atoms with Crippen molar-refractivity contribution in [3.05, 3.63) is 18.2 Å². The van der Waals surface area contributed by atoms with E-state index in [-0.39, 0.29) is 5.91 Å². The second-order valence-corrected chi connectivity index (χ2v) is 9.17. The van der Waals surface area contributed by atoms with E-state index in [0.29, 0.717) is 25.0 Å². The number of hydrogen-bond acceptors (Lipinski definition) is 4. The first kappa shape index (κ1) is 15.9. The molecule has 0 aromatic heterocycles. The smallest absolute Gasteiger partial charge is 0.230 e. The molecule has 4 fully saturated rings. The number of amides is 1. The largest absolute Gasteiger partial charge is 0.486 e. The van der Waals surface area contributed by atoms with Crippen LogP contribution < -0.4 is 14.8 Å². The van der Waals surface area contributed by atoms with E-state index < -0.39 is 0 Å². The van der Waals surface area contributed by atoms with Crippen LogP contribution >= 0.6 is 11.8 Å². The second-order valence-electron chi connectivity index (χ2n) is 8.12. The molecule has 4 nitrogen and oxygen atoms in total. The van der Waals surface area contributed by atoms with E-state index >= 15 is 0 Å². The lowest BCUT2D eigenvalue weighted by molar-refractivity contribution is -0.122. The minimum atomic E-state index is 0.178. The molecule has 4 saturated carbocycles. The van der Waals surface area contributed by atoms with Crippen LogP contribution in [0.25, 0.3) is 0 Å². The zero-order chi connectivity index (χ0) is 16.8. The first-order chi connectivity index (χ1) is 12.2. The molecule has 1 aromatic carbocycles. The van der Waals surface area contributed by atoms with Crippen molar-refractivity contribution in [1.29, 1.82) is 0 Å². The fourth-order valence-electron chi connectivity index (χ4n) is 5.65. The molecule has 1 heterocycles. The van der Waals surface area contributed by atoms with Crippen LogP contribution in [0, 0.1) is 23.7 Å². The molecule has 25 heavy (non-hydrogen) atoms. The standard InChI is InChI=1S/C20H25NO3S/c22-19(11-25-16-1-2-17-18(10-16)24-4-3-23-17)21-20-14-6-12-5-13(8-14)9-15(20)7-12/h1-2,10,12-15,20H,3-9,11H2,(H,21,22). The Morgan fingerprint density at radius 2 is 1.68 bits per heavy atom. The highest BCUT2D eigenvalue weighted by molar-refractivity contribution is 8.00. The molecule has 0 unspecified atom stereocenters. The Kier molecular flexibility index (Phi) is 4.07. The summed E-state index contributed by atoms with van der Waals surface area (Å²) in [6.45, 7) is 1.20. The predicted molar refractivity (Wildman–Crippen MR) is 97.1 cm³/mol. The number of carbonyl (C=O) groups is 1. The average Bonchev–Trinajstić information content (AvgIpc) is 2.62. The lowest BCUT2D eigenvalue weighted by Crippen LogP contribution is -2.56. The highest BCUT2D eigenvalue weighted by atomic mass is 32.2. The number of carbonyl (C=O) groups excluding carboxylic acids is 1. The normalized spacial score (nSPS) is 34.8. The quantitative estimate of drug-likeness (QED) is 0.836. The van der Waals surface area contributed by atoms with Crippen molar-refractivity contribution in [2.24, 2.45) is 23.7 Å². The summed E-state index contributed by atoms with van der Waals surface area (Å²) >= 11 is 1.58. The lowest BCUT2D eigenvalue weighted by atomic mass is 9.54. The molecule has 5 heteroatoms. The minimum Gasteiger partial charge on any atom is -0.486 e. The molecule has 4 bridgehead atoms. The van der Waals surface area contributed by atoms with Crippen LogP contribution in [0.1, 0.15) is 32.1 Å². The third-order valence-electron chi connectivity index (χ3n) is 6.44. The summed E-state index contributed by atoms with van der Waals surface area (Å²) in [6, 6.07) is 6.36. The van der Waals surface area contributed by atoms with E-state index in [1.165, 1.54) is 32.1 Å². The molecule has 5 aliphatic rings. The van der Waals surface area contributed by atoms with Crippen molar-refractivity contribution in [2.45, 2.75) is 43.0 Å². The molecule has 0 spiro atoms. The Morgan fingerprint density at radius 3 is 2.40 bits per heavy atom. The van der Waals surface area contributed by atoms with Gasteiger partial charge in [0.25, 0.3) is 0 Å². The summed E-state index contributed by atoms with van der Waals surface area (Å²) in [6.07, 6.45) is 6.81. The molecule has 6 rings (SSSR count). The summed E-state index contributed by atoms with van der Waals surface area (Å²) < 4.78 is 11.2. The van der Waals surface area contributed by atoms with Gasteiger partial charge in [0.1, 0.15) is 13.2 Å². The van der Waals surface area contributed by atoms with E-state index in [4.69, 9.17) is 9.47 Å². The van der Waals surface area contributed by atoms with Crippen molar-refractivity contribution >= 4 is 17.7 Å². The number of nitrogens with one attached hydrogen (secondary N) is 1. The fraction of sp³-hybridized carbons (Fsp3) is 0.650. The monoisotopic (exact) mass is 359 g/mol. The van der Waals surface area contributed by atoms with Crippen LogP contribution in [0.15, 0.2) is 23.1 Å². The molecule has 1 aromatic rings. The highest BCUT2D eigenvalue weighted by Gasteiger charge is 2.48. The van der Waals surface area contributed by atoms with Gasteiger partial charge in [0.05, 0.1) is 5.75 Å². The molecular weight excluding hydrogens is 334 g/mol. The number of benzene rings is 1. The van der Waals surface area contributed by atoms with Gasteiger partial charge >= 0.3 is 0 Å². The number of fused-ring (bicyclic) bond motifs is 1. The molecule has 0 radical (unpaired) electrons. The van der Waals surface area contributed by atoms with Gasteiger partial charge in [-0.2, -0.15) is 0 Å². The van der Waals surface area contributed by atoms with Gasteiger partial charge in [-0.3, -0.25) is 4.79 Å². The number of hydrogen-bond donors (Lipinski definition) is 1. The number of ether oxygens (including phenoxy) is 2. The molecule has 1 amide bonds. The molecule has 1 aliphatic heterocycles. The summed E-state index contributed by atoms with van der Waals surface area (Å²) in [5, 5.41) is 3.38. The zero-order valence-corrected chi connectivity index (χ0v) is 15.2. The molecule has 4 aliphatic carbocycles. The highest BCUT2D eigenvalue weighted by Crippen LogP contribution is 2.53. The maximum absolute atomic E-state index is 12.5. The Balaban J connectivity index is 1.17. The molecule has 1 N–H and O–H groups in total. The van der Waals surface area contributed by atoms with E-state index in [1.807, 2.05) is 18.2 Å². The second kappa shape index (κ2) is 6.42. The average molecular weight is 359 g/mol. The number of rotatable bonds is 4. The Bertz CT molecular complexity index is 649. The van der Waals surface area contributed by atoms with Gasteiger partial charge in [-0.25, -0.2) is 0 Å². The van der Waals surface area contributed by atoms with Crippen LogP contribution in [0.3, 0.4) is 0 Å². The molecular formula is C20H25NO3S. The van der Waals surface area contributed by atoms with E-state index in [0.717, 1.165) is 40.1 Å². The Morgan fingerprint density at radius 1 is 1.00 bits per heavy atom. The van der Waals surface area contributed by atoms with Gasteiger partial charge in [0.15, 0.2) is 11.5 Å². The first-order valence-corrected chi connectivity index (χ1v) is 10.5. The van der Waals surface area contributed by atoms with Gasteiger partial charge in [-0.05, 0) is 74.0 Å². The first-order valence-electron chi connectivity index (χ1n) is 9.56. The summed E-state index contributed by atoms with van der Waals surface area (Å²) in [5.74, 6) is 5.61. The fourth-order valence-corrected chi connectivity index (χ4v) is 6.39.